The average molecular weight is 200 g/mol. The van der Waals surface area contributed by atoms with Gasteiger partial charge in [-0.2, -0.15) is 0 Å². The van der Waals surface area contributed by atoms with Crippen molar-refractivity contribution < 1.29 is 9.53 Å². The van der Waals surface area contributed by atoms with Crippen molar-refractivity contribution in [1.29, 1.82) is 0 Å². The van der Waals surface area contributed by atoms with E-state index in [0.29, 0.717) is 12.0 Å². The molecule has 3 rings (SSSR count). The molecule has 1 fully saturated rings. The molecule has 1 aromatic rings. The molecule has 2 atom stereocenters. The fourth-order valence-corrected chi connectivity index (χ4v) is 1.92. The van der Waals surface area contributed by atoms with Gasteiger partial charge in [-0.1, -0.05) is 12.2 Å². The van der Waals surface area contributed by atoms with Crippen molar-refractivity contribution in [2.75, 3.05) is 0 Å². The van der Waals surface area contributed by atoms with Gasteiger partial charge in [-0.25, -0.2) is 0 Å². The van der Waals surface area contributed by atoms with E-state index >= 15 is 0 Å². The van der Waals surface area contributed by atoms with Crippen molar-refractivity contribution in [3.63, 3.8) is 0 Å². The molecule has 1 heterocycles. The largest absolute Gasteiger partial charge is 0.489 e. The van der Waals surface area contributed by atoms with Crippen LogP contribution in [0.4, 0.5) is 0 Å². The molecule has 0 radical (unpaired) electrons. The van der Waals surface area contributed by atoms with Gasteiger partial charge in [0.2, 0.25) is 0 Å². The Morgan fingerprint density at radius 2 is 2.33 bits per heavy atom. The highest BCUT2D eigenvalue weighted by molar-refractivity contribution is 5.95. The summed E-state index contributed by atoms with van der Waals surface area (Å²) < 4.78 is 5.79. The van der Waals surface area contributed by atoms with Crippen LogP contribution in [-0.4, -0.2) is 11.9 Å². The first-order valence-corrected chi connectivity index (χ1v) is 5.24. The third kappa shape index (κ3) is 1.46. The summed E-state index contributed by atoms with van der Waals surface area (Å²) in [6.07, 6.45) is 5.75. The maximum atomic E-state index is 11.2. The van der Waals surface area contributed by atoms with Gasteiger partial charge < -0.3 is 4.74 Å². The number of carbonyl (C=O) groups is 1. The maximum Gasteiger partial charge on any atom is 0.159 e. The second kappa shape index (κ2) is 2.96. The summed E-state index contributed by atoms with van der Waals surface area (Å²) in [7, 11) is 0. The molecule has 1 aromatic carbocycles. The number of carbonyl (C=O) groups excluding carboxylic acids is 1. The number of ether oxygens (including phenoxy) is 1. The van der Waals surface area contributed by atoms with Crippen molar-refractivity contribution in [3.05, 3.63) is 35.4 Å². The molecule has 0 bridgehead atoms. The summed E-state index contributed by atoms with van der Waals surface area (Å²) in [5, 5.41) is 0. The lowest BCUT2D eigenvalue weighted by atomic mass is 10.1. The van der Waals surface area contributed by atoms with Gasteiger partial charge in [0.15, 0.2) is 5.78 Å². The Balaban J connectivity index is 2.05. The Kier molecular flexibility index (Phi) is 1.72. The number of hydrogen-bond donors (Lipinski definition) is 0. The Morgan fingerprint density at radius 1 is 1.47 bits per heavy atom. The monoisotopic (exact) mass is 200 g/mol. The normalized spacial score (nSPS) is 25.9. The van der Waals surface area contributed by atoms with E-state index in [0.717, 1.165) is 23.3 Å². The number of hydrogen-bond acceptors (Lipinski definition) is 2. The zero-order chi connectivity index (χ0) is 10.4. The molecule has 1 aliphatic heterocycles. The van der Waals surface area contributed by atoms with E-state index in [1.807, 2.05) is 18.2 Å². The summed E-state index contributed by atoms with van der Waals surface area (Å²) in [5.41, 5.74) is 1.77. The lowest BCUT2D eigenvalue weighted by Crippen LogP contribution is -2.00. The van der Waals surface area contributed by atoms with Crippen molar-refractivity contribution in [3.8, 4) is 5.75 Å². The molecule has 0 spiro atoms. The van der Waals surface area contributed by atoms with Gasteiger partial charge in [0.05, 0.1) is 0 Å². The molecule has 0 aromatic heterocycles. The fourth-order valence-electron chi connectivity index (χ4n) is 1.92. The summed E-state index contributed by atoms with van der Waals surface area (Å²) >= 11 is 0. The second-order valence-electron chi connectivity index (χ2n) is 4.22. The van der Waals surface area contributed by atoms with Gasteiger partial charge in [-0.05, 0) is 31.5 Å². The maximum absolute atomic E-state index is 11.2. The molecule has 15 heavy (non-hydrogen) atoms. The van der Waals surface area contributed by atoms with E-state index in [1.54, 1.807) is 6.92 Å². The van der Waals surface area contributed by atoms with Crippen LogP contribution in [0.2, 0.25) is 0 Å². The van der Waals surface area contributed by atoms with Crippen LogP contribution in [0.3, 0.4) is 0 Å². The summed E-state index contributed by atoms with van der Waals surface area (Å²) in [4.78, 5) is 11.2. The highest BCUT2D eigenvalue weighted by Crippen LogP contribution is 2.40. The Morgan fingerprint density at radius 3 is 3.13 bits per heavy atom. The number of ketones is 1. The first-order chi connectivity index (χ1) is 7.24. The van der Waals surface area contributed by atoms with E-state index in [2.05, 4.69) is 12.2 Å². The number of benzene rings is 1. The van der Waals surface area contributed by atoms with Gasteiger partial charge in [-0.3, -0.25) is 4.79 Å². The number of fused-ring (bicyclic) bond motifs is 2. The van der Waals surface area contributed by atoms with Crippen LogP contribution in [0, 0.1) is 5.92 Å². The number of rotatable bonds is 1. The standard InChI is InChI=1S/C13H12O2/c1-8(14)9-4-5-12-10(6-9)2-3-11-7-13(11)15-12/h2-6,11,13H,7H2,1H3. The van der Waals surface area contributed by atoms with Crippen molar-refractivity contribution >= 4 is 11.9 Å². The minimum absolute atomic E-state index is 0.0978. The smallest absolute Gasteiger partial charge is 0.159 e. The van der Waals surface area contributed by atoms with Crippen LogP contribution < -0.4 is 4.74 Å². The first kappa shape index (κ1) is 8.72. The van der Waals surface area contributed by atoms with Crippen molar-refractivity contribution in [2.45, 2.75) is 19.4 Å². The fraction of sp³-hybridized carbons (Fsp3) is 0.308. The topological polar surface area (TPSA) is 26.3 Å². The van der Waals surface area contributed by atoms with Crippen molar-refractivity contribution in [1.82, 2.24) is 0 Å². The van der Waals surface area contributed by atoms with Crippen LogP contribution in [0.25, 0.3) is 6.08 Å². The molecule has 1 saturated carbocycles. The van der Waals surface area contributed by atoms with E-state index < -0.39 is 0 Å². The predicted octanol–water partition coefficient (Wildman–Crippen LogP) is 2.68. The predicted molar refractivity (Wildman–Crippen MR) is 58.0 cm³/mol. The second-order valence-corrected chi connectivity index (χ2v) is 4.22. The van der Waals surface area contributed by atoms with Gasteiger partial charge in [0.1, 0.15) is 11.9 Å². The van der Waals surface area contributed by atoms with Gasteiger partial charge in [0.25, 0.3) is 0 Å². The highest BCUT2D eigenvalue weighted by Gasteiger charge is 2.38. The quantitative estimate of drug-likeness (QED) is 0.651. The third-order valence-electron chi connectivity index (χ3n) is 3.00. The average Bonchev–Trinajstić information content (AvgIpc) is 2.93. The van der Waals surface area contributed by atoms with Crippen molar-refractivity contribution in [2.24, 2.45) is 5.92 Å². The lowest BCUT2D eigenvalue weighted by Gasteiger charge is -2.07. The lowest BCUT2D eigenvalue weighted by molar-refractivity contribution is 0.101. The zero-order valence-corrected chi connectivity index (χ0v) is 8.57. The highest BCUT2D eigenvalue weighted by atomic mass is 16.5. The Labute approximate surface area is 88.6 Å². The van der Waals surface area contributed by atoms with E-state index in [-0.39, 0.29) is 5.78 Å². The molecule has 2 heteroatoms. The zero-order valence-electron chi connectivity index (χ0n) is 8.57. The third-order valence-corrected chi connectivity index (χ3v) is 3.00. The van der Waals surface area contributed by atoms with Crippen LogP contribution >= 0.6 is 0 Å². The summed E-state index contributed by atoms with van der Waals surface area (Å²) in [5.74, 6) is 1.58. The van der Waals surface area contributed by atoms with Crippen LogP contribution in [-0.2, 0) is 0 Å². The molecule has 2 aliphatic rings. The molecule has 76 valence electrons. The van der Waals surface area contributed by atoms with Gasteiger partial charge in [-0.15, -0.1) is 0 Å². The van der Waals surface area contributed by atoms with Gasteiger partial charge in [0, 0.05) is 17.0 Å². The molecule has 0 N–H and O–H groups in total. The van der Waals surface area contributed by atoms with Crippen LogP contribution in [0.15, 0.2) is 24.3 Å². The summed E-state index contributed by atoms with van der Waals surface area (Å²) in [6, 6.07) is 5.63. The molecule has 0 saturated heterocycles. The van der Waals surface area contributed by atoms with Gasteiger partial charge >= 0.3 is 0 Å². The summed E-state index contributed by atoms with van der Waals surface area (Å²) in [6.45, 7) is 1.58. The molecular formula is C13H12O2. The molecule has 2 nitrogen and oxygen atoms in total. The Bertz CT molecular complexity index is 460. The van der Waals surface area contributed by atoms with E-state index in [9.17, 15) is 4.79 Å². The SMILES string of the molecule is CC(=O)c1ccc2c(c1)C=CC1CC1O2. The molecular weight excluding hydrogens is 188 g/mol. The van der Waals surface area contributed by atoms with E-state index in [1.165, 1.54) is 0 Å². The molecule has 1 aliphatic carbocycles. The Hall–Kier alpha value is -1.57. The van der Waals surface area contributed by atoms with E-state index in [4.69, 9.17) is 4.74 Å². The number of Topliss-reactive ketones (excluding diaryl/α,β-unsaturated/α-hetero) is 1. The van der Waals surface area contributed by atoms with Crippen LogP contribution in [0.5, 0.6) is 5.75 Å². The van der Waals surface area contributed by atoms with Crippen LogP contribution in [0.1, 0.15) is 29.3 Å². The first-order valence-electron chi connectivity index (χ1n) is 5.24. The minimum Gasteiger partial charge on any atom is -0.489 e. The minimum atomic E-state index is 0.0978. The molecule has 2 unspecified atom stereocenters. The molecule has 0 amide bonds.